The maximum Gasteiger partial charge on any atom is 0.261 e. The highest BCUT2D eigenvalue weighted by molar-refractivity contribution is 7.92. The molecule has 3 aromatic rings. The molecule has 2 aliphatic heterocycles. The molecule has 10 nitrogen and oxygen atoms in total. The number of benzene rings is 2. The number of halogens is 1. The molecular formula is C26H24ClN5O5S. The minimum atomic E-state index is -4.00. The summed E-state index contributed by atoms with van der Waals surface area (Å²) in [6, 6.07) is 12.4. The zero-order chi connectivity index (χ0) is 26.7. The number of imide groups is 1. The van der Waals surface area contributed by atoms with Crippen LogP contribution >= 0.6 is 11.6 Å². The number of hydrogen-bond acceptors (Lipinski definition) is 8. The monoisotopic (exact) mass is 553 g/mol. The van der Waals surface area contributed by atoms with Gasteiger partial charge in [-0.2, -0.15) is 0 Å². The van der Waals surface area contributed by atoms with Crippen LogP contribution < -0.4 is 31.0 Å². The molecule has 196 valence electrons. The molecule has 0 bridgehead atoms. The highest BCUT2D eigenvalue weighted by Crippen LogP contribution is 2.49. The Bertz CT molecular complexity index is 1690. The molecule has 3 heterocycles. The Morgan fingerprint density at radius 2 is 1.79 bits per heavy atom. The van der Waals surface area contributed by atoms with Crippen LogP contribution in [-0.2, 0) is 19.6 Å². The van der Waals surface area contributed by atoms with Crippen molar-refractivity contribution < 1.29 is 22.4 Å². The number of nitrogens with zero attached hydrogens (tertiary/aromatic N) is 3. The molecule has 2 amide bonds. The average molecular weight is 554 g/mol. The minimum Gasteiger partial charge on any atom is -0.446 e. The summed E-state index contributed by atoms with van der Waals surface area (Å²) in [6.45, 7) is 0.269. The molecular weight excluding hydrogens is 530 g/mol. The van der Waals surface area contributed by atoms with Crippen LogP contribution in [0.3, 0.4) is 0 Å². The van der Waals surface area contributed by atoms with E-state index >= 15 is 0 Å². The van der Waals surface area contributed by atoms with Gasteiger partial charge in [0, 0.05) is 17.8 Å². The number of furan rings is 1. The number of carbonyl (C=O) groups is 2. The van der Waals surface area contributed by atoms with E-state index in [2.05, 4.69) is 9.71 Å². The van der Waals surface area contributed by atoms with E-state index in [4.69, 9.17) is 21.8 Å². The molecule has 2 aromatic carbocycles. The number of carbonyl (C=O) groups excluding carboxylic acids is 2. The van der Waals surface area contributed by atoms with Gasteiger partial charge in [0.25, 0.3) is 10.0 Å². The molecule has 3 aliphatic rings. The summed E-state index contributed by atoms with van der Waals surface area (Å²) < 4.78 is 34.0. The van der Waals surface area contributed by atoms with Crippen LogP contribution in [0.15, 0.2) is 69.1 Å². The maximum absolute atomic E-state index is 13.1. The van der Waals surface area contributed by atoms with Crippen LogP contribution in [0.2, 0.25) is 5.02 Å². The van der Waals surface area contributed by atoms with Gasteiger partial charge in [-0.25, -0.2) is 18.3 Å². The van der Waals surface area contributed by atoms with Crippen LogP contribution in [0.4, 0.5) is 17.1 Å². The lowest BCUT2D eigenvalue weighted by atomic mass is 9.84. The highest BCUT2D eigenvalue weighted by atomic mass is 35.5. The Balaban J connectivity index is 1.21. The molecule has 6 rings (SSSR count). The van der Waals surface area contributed by atoms with E-state index in [0.717, 1.165) is 23.4 Å². The standard InChI is InChI=1S/C26H24ClN5O5S/c27-20-13-18(7-8-21(20)32-22(33)14-26(25(32)34)10-1-2-11-26)38(35,36)30-16-3-5-17(6-4-16)31-15-29-24-19(23(31)28)9-12-37-24/h3-9,12-13,30H,1-2,10-11,14-15,28H2. The predicted octanol–water partition coefficient (Wildman–Crippen LogP) is 2.68. The van der Waals surface area contributed by atoms with Gasteiger partial charge in [0.05, 0.1) is 32.5 Å². The zero-order valence-electron chi connectivity index (χ0n) is 20.2. The van der Waals surface area contributed by atoms with Gasteiger partial charge in [-0.1, -0.05) is 24.4 Å². The normalized spacial score (nSPS) is 18.7. The largest absolute Gasteiger partial charge is 0.446 e. The molecule has 1 saturated carbocycles. The second kappa shape index (κ2) is 8.88. The van der Waals surface area contributed by atoms with Gasteiger partial charge in [-0.05, 0) is 61.4 Å². The fourth-order valence-electron chi connectivity index (χ4n) is 5.44. The summed E-state index contributed by atoms with van der Waals surface area (Å²) in [5.74, 6) is -0.0734. The van der Waals surface area contributed by atoms with Gasteiger partial charge in [0.2, 0.25) is 17.4 Å². The summed E-state index contributed by atoms with van der Waals surface area (Å²) in [5, 5.41) is 0.704. The first-order chi connectivity index (χ1) is 18.2. The third-order valence-corrected chi connectivity index (χ3v) is 9.11. The second-order valence-electron chi connectivity index (χ2n) is 9.72. The van der Waals surface area contributed by atoms with Crippen molar-refractivity contribution in [3.63, 3.8) is 0 Å². The Hall–Kier alpha value is -3.83. The van der Waals surface area contributed by atoms with Crippen molar-refractivity contribution in [2.75, 3.05) is 21.2 Å². The third kappa shape index (κ3) is 3.93. The number of fused-ring (bicyclic) bond motifs is 1. The van der Waals surface area contributed by atoms with Crippen molar-refractivity contribution in [1.29, 1.82) is 0 Å². The summed E-state index contributed by atoms with van der Waals surface area (Å²) in [6.07, 6.45) is 4.88. The summed E-state index contributed by atoms with van der Waals surface area (Å²) in [5.41, 5.74) is 7.35. The topological polar surface area (TPSA) is 138 Å². The Labute approximate surface area is 223 Å². The molecule has 1 spiro atoms. The Morgan fingerprint density at radius 3 is 2.50 bits per heavy atom. The van der Waals surface area contributed by atoms with E-state index in [1.54, 1.807) is 35.2 Å². The van der Waals surface area contributed by atoms with E-state index in [9.17, 15) is 18.0 Å². The van der Waals surface area contributed by atoms with Gasteiger partial charge in [0.1, 0.15) is 12.5 Å². The minimum absolute atomic E-state index is 0.0125. The number of sulfonamides is 1. The molecule has 0 radical (unpaired) electrons. The number of amides is 2. The molecule has 12 heteroatoms. The van der Waals surface area contributed by atoms with Crippen LogP contribution in [0, 0.1) is 5.41 Å². The van der Waals surface area contributed by atoms with Crippen LogP contribution in [-0.4, -0.2) is 26.9 Å². The van der Waals surface area contributed by atoms with Crippen molar-refractivity contribution in [2.45, 2.75) is 37.0 Å². The number of hydrogen-bond donors (Lipinski definition) is 2. The van der Waals surface area contributed by atoms with Gasteiger partial charge < -0.3 is 15.1 Å². The number of rotatable bonds is 5. The van der Waals surface area contributed by atoms with E-state index in [0.29, 0.717) is 35.1 Å². The van der Waals surface area contributed by atoms with Crippen molar-refractivity contribution >= 4 is 56.3 Å². The molecule has 2 fully saturated rings. The quantitative estimate of drug-likeness (QED) is 0.463. The van der Waals surface area contributed by atoms with Gasteiger partial charge in [-0.15, -0.1) is 0 Å². The molecule has 1 saturated heterocycles. The lowest BCUT2D eigenvalue weighted by Gasteiger charge is -2.24. The molecule has 0 atom stereocenters. The number of anilines is 3. The number of nitrogens with one attached hydrogen (secondary N) is 1. The maximum atomic E-state index is 13.1. The van der Waals surface area contributed by atoms with Gasteiger partial charge in [0.15, 0.2) is 0 Å². The molecule has 3 N–H and O–H groups in total. The molecule has 1 aliphatic carbocycles. The van der Waals surface area contributed by atoms with Crippen molar-refractivity contribution in [3.8, 4) is 0 Å². The number of nitrogens with two attached hydrogens (primary N) is 1. The fourth-order valence-corrected chi connectivity index (χ4v) is 6.85. The summed E-state index contributed by atoms with van der Waals surface area (Å²) >= 11 is 6.42. The van der Waals surface area contributed by atoms with Crippen molar-refractivity contribution in [1.82, 2.24) is 0 Å². The van der Waals surface area contributed by atoms with Crippen LogP contribution in [0.1, 0.15) is 32.1 Å². The molecule has 0 unspecified atom stereocenters. The average Bonchev–Trinajstić information content (AvgIpc) is 3.61. The van der Waals surface area contributed by atoms with E-state index < -0.39 is 15.4 Å². The lowest BCUT2D eigenvalue weighted by Crippen LogP contribution is -2.42. The summed E-state index contributed by atoms with van der Waals surface area (Å²) in [7, 11) is -4.00. The Kier molecular flexibility index (Phi) is 5.73. The van der Waals surface area contributed by atoms with E-state index in [-0.39, 0.29) is 40.5 Å². The van der Waals surface area contributed by atoms with Crippen LogP contribution in [0.5, 0.6) is 0 Å². The molecule has 1 aromatic heterocycles. The van der Waals surface area contributed by atoms with Crippen molar-refractivity contribution in [2.24, 2.45) is 16.1 Å². The summed E-state index contributed by atoms with van der Waals surface area (Å²) in [4.78, 5) is 33.0. The van der Waals surface area contributed by atoms with E-state index in [1.807, 2.05) is 0 Å². The first-order valence-corrected chi connectivity index (χ1v) is 14.0. The first kappa shape index (κ1) is 24.5. The smallest absolute Gasteiger partial charge is 0.261 e. The first-order valence-electron chi connectivity index (χ1n) is 12.1. The SMILES string of the molecule is NC1=c2ccoc2=NCN1c1ccc(NS(=O)(=O)c2ccc(N3C(=O)CC4(CCCC4)C3=O)c(Cl)c2)cc1. The lowest BCUT2D eigenvalue weighted by molar-refractivity contribution is -0.125. The van der Waals surface area contributed by atoms with E-state index in [1.165, 1.54) is 24.5 Å². The zero-order valence-corrected chi connectivity index (χ0v) is 21.8. The van der Waals surface area contributed by atoms with Crippen LogP contribution in [0.25, 0.3) is 5.82 Å². The second-order valence-corrected chi connectivity index (χ2v) is 11.8. The van der Waals surface area contributed by atoms with Gasteiger partial charge >= 0.3 is 0 Å². The molecule has 38 heavy (non-hydrogen) atoms. The predicted molar refractivity (Wildman–Crippen MR) is 141 cm³/mol. The van der Waals surface area contributed by atoms with Crippen molar-refractivity contribution in [3.05, 3.63) is 70.6 Å². The Morgan fingerprint density at radius 1 is 1.05 bits per heavy atom. The third-order valence-electron chi connectivity index (χ3n) is 7.43. The van der Waals surface area contributed by atoms with Gasteiger partial charge in [-0.3, -0.25) is 14.3 Å². The fraction of sp³-hybridized carbons (Fsp3) is 0.269. The highest BCUT2D eigenvalue weighted by Gasteiger charge is 2.53.